The van der Waals surface area contributed by atoms with E-state index in [1.807, 2.05) is 54.6 Å². The molecule has 0 aliphatic heterocycles. The Morgan fingerprint density at radius 2 is 1.88 bits per heavy atom. The van der Waals surface area contributed by atoms with Crippen LogP contribution in [0, 0.1) is 0 Å². The topological polar surface area (TPSA) is 42.0 Å². The Balaban J connectivity index is 1.87. The number of nitrogens with zero attached hydrogens (tertiary/aromatic N) is 1. The molecule has 24 heavy (non-hydrogen) atoms. The van der Waals surface area contributed by atoms with E-state index in [1.165, 1.54) is 0 Å². The number of ketones is 1. The van der Waals surface area contributed by atoms with Crippen LogP contribution in [0.2, 0.25) is 5.02 Å². The van der Waals surface area contributed by atoms with Crippen LogP contribution in [0.25, 0.3) is 23.1 Å². The Morgan fingerprint density at radius 1 is 1.08 bits per heavy atom. The van der Waals surface area contributed by atoms with Crippen molar-refractivity contribution >= 4 is 46.1 Å². The van der Waals surface area contributed by atoms with Crippen molar-refractivity contribution < 1.29 is 4.79 Å². The summed E-state index contributed by atoms with van der Waals surface area (Å²) in [5.74, 6) is 0.0855. The fraction of sp³-hybridized carbons (Fsp3) is 0.100. The fourth-order valence-electron chi connectivity index (χ4n) is 2.99. The van der Waals surface area contributed by atoms with Crippen LogP contribution in [0.15, 0.2) is 48.5 Å². The summed E-state index contributed by atoms with van der Waals surface area (Å²) in [4.78, 5) is 16.4. The fourth-order valence-corrected chi connectivity index (χ4v) is 3.19. The molecular weight excluding hydrogens is 320 g/mol. The monoisotopic (exact) mass is 334 g/mol. The standard InChI is InChI=1S/C20H15ClN2O/c21-17-7-3-1-5-13(17)12-22-20-15-6-2-4-8-18(15)23-19-11-14(24)9-10-16(19)20/h1-8,10-11,22H,9,12H2. The highest BCUT2D eigenvalue weighted by Crippen LogP contribution is 2.20. The van der Waals surface area contributed by atoms with Gasteiger partial charge in [0.05, 0.1) is 16.6 Å². The first-order valence-corrected chi connectivity index (χ1v) is 8.21. The summed E-state index contributed by atoms with van der Waals surface area (Å²) < 4.78 is 0. The SMILES string of the molecule is O=C1C=c2nc3ccccc3c(NCc3ccccc3Cl)c2=CC1. The lowest BCUT2D eigenvalue weighted by Crippen LogP contribution is -2.35. The van der Waals surface area contributed by atoms with E-state index in [0.717, 1.165) is 37.7 Å². The number of para-hydroxylation sites is 1. The predicted molar refractivity (Wildman–Crippen MR) is 98.3 cm³/mol. The molecule has 0 spiro atoms. The van der Waals surface area contributed by atoms with Gasteiger partial charge in [0.25, 0.3) is 0 Å². The summed E-state index contributed by atoms with van der Waals surface area (Å²) in [5, 5.41) is 7.00. The van der Waals surface area contributed by atoms with Crippen LogP contribution in [0.5, 0.6) is 0 Å². The van der Waals surface area contributed by atoms with Crippen LogP contribution in [-0.4, -0.2) is 10.8 Å². The Labute approximate surface area is 144 Å². The quantitative estimate of drug-likeness (QED) is 0.800. The number of nitrogens with one attached hydrogen (secondary N) is 1. The second-order valence-electron chi connectivity index (χ2n) is 5.77. The molecule has 2 aromatic carbocycles. The van der Waals surface area contributed by atoms with Crippen molar-refractivity contribution in [2.75, 3.05) is 5.32 Å². The normalized spacial score (nSPS) is 13.1. The first-order chi connectivity index (χ1) is 11.7. The minimum absolute atomic E-state index is 0.0855. The minimum Gasteiger partial charge on any atom is -0.380 e. The number of aromatic nitrogens is 1. The van der Waals surface area contributed by atoms with Crippen LogP contribution in [0.4, 0.5) is 5.69 Å². The Hall–Kier alpha value is -2.65. The van der Waals surface area contributed by atoms with E-state index in [4.69, 9.17) is 11.6 Å². The largest absolute Gasteiger partial charge is 0.380 e. The van der Waals surface area contributed by atoms with Gasteiger partial charge in [-0.25, -0.2) is 4.98 Å². The molecular formula is C20H15ClN2O. The molecule has 0 bridgehead atoms. The Bertz CT molecular complexity index is 1070. The minimum atomic E-state index is 0.0855. The number of benzene rings is 2. The van der Waals surface area contributed by atoms with Crippen molar-refractivity contribution in [2.45, 2.75) is 13.0 Å². The van der Waals surface area contributed by atoms with Crippen LogP contribution < -0.4 is 15.9 Å². The molecule has 0 amide bonds. The van der Waals surface area contributed by atoms with Crippen LogP contribution in [-0.2, 0) is 11.3 Å². The van der Waals surface area contributed by atoms with Crippen molar-refractivity contribution in [1.29, 1.82) is 0 Å². The molecule has 0 atom stereocenters. The van der Waals surface area contributed by atoms with Gasteiger partial charge in [-0.15, -0.1) is 0 Å². The van der Waals surface area contributed by atoms with Crippen molar-refractivity contribution in [3.05, 3.63) is 69.7 Å². The maximum absolute atomic E-state index is 11.7. The molecule has 1 heterocycles. The number of fused-ring (bicyclic) bond motifs is 2. The van der Waals surface area contributed by atoms with Crippen LogP contribution >= 0.6 is 11.6 Å². The van der Waals surface area contributed by atoms with E-state index in [1.54, 1.807) is 6.08 Å². The highest BCUT2D eigenvalue weighted by atomic mass is 35.5. The number of anilines is 1. The molecule has 0 fully saturated rings. The van der Waals surface area contributed by atoms with E-state index >= 15 is 0 Å². The first-order valence-electron chi connectivity index (χ1n) is 7.83. The van der Waals surface area contributed by atoms with Gasteiger partial charge >= 0.3 is 0 Å². The Kier molecular flexibility index (Phi) is 3.79. The molecule has 3 aromatic rings. The average Bonchev–Trinajstić information content (AvgIpc) is 2.59. The molecule has 0 saturated carbocycles. The van der Waals surface area contributed by atoms with E-state index in [9.17, 15) is 4.79 Å². The lowest BCUT2D eigenvalue weighted by Gasteiger charge is -2.13. The number of Topliss-reactive ketones (excluding diaryl/α,β-unsaturated/α-hetero) is 1. The highest BCUT2D eigenvalue weighted by molar-refractivity contribution is 6.31. The molecule has 4 heteroatoms. The summed E-state index contributed by atoms with van der Waals surface area (Å²) >= 11 is 6.26. The first kappa shape index (κ1) is 14.9. The van der Waals surface area contributed by atoms with Crippen molar-refractivity contribution in [3.63, 3.8) is 0 Å². The number of hydrogen-bond donors (Lipinski definition) is 1. The smallest absolute Gasteiger partial charge is 0.161 e. The molecule has 1 N–H and O–H groups in total. The molecule has 0 unspecified atom stereocenters. The molecule has 0 radical (unpaired) electrons. The number of carbonyl (C=O) groups excluding carboxylic acids is 1. The average molecular weight is 335 g/mol. The third-order valence-corrected chi connectivity index (χ3v) is 4.55. The zero-order chi connectivity index (χ0) is 16.5. The van der Waals surface area contributed by atoms with E-state index in [0.29, 0.717) is 13.0 Å². The third-order valence-electron chi connectivity index (χ3n) is 4.18. The van der Waals surface area contributed by atoms with Gasteiger partial charge in [0.15, 0.2) is 5.78 Å². The maximum atomic E-state index is 11.7. The van der Waals surface area contributed by atoms with Gasteiger partial charge < -0.3 is 5.32 Å². The van der Waals surface area contributed by atoms with E-state index in [2.05, 4.69) is 10.3 Å². The van der Waals surface area contributed by atoms with Gasteiger partial charge in [0.2, 0.25) is 0 Å². The molecule has 1 aliphatic rings. The lowest BCUT2D eigenvalue weighted by atomic mass is 10.1. The molecule has 3 nitrogen and oxygen atoms in total. The van der Waals surface area contributed by atoms with Gasteiger partial charge in [-0.1, -0.05) is 54.1 Å². The lowest BCUT2D eigenvalue weighted by molar-refractivity contribution is -0.112. The van der Waals surface area contributed by atoms with Gasteiger partial charge in [-0.3, -0.25) is 4.79 Å². The summed E-state index contributed by atoms with van der Waals surface area (Å²) in [7, 11) is 0. The van der Waals surface area contributed by atoms with Gasteiger partial charge in [0.1, 0.15) is 0 Å². The van der Waals surface area contributed by atoms with Crippen molar-refractivity contribution in [2.24, 2.45) is 0 Å². The molecule has 118 valence electrons. The molecule has 4 rings (SSSR count). The summed E-state index contributed by atoms with van der Waals surface area (Å²) in [5.41, 5.74) is 2.90. The number of rotatable bonds is 3. The third kappa shape index (κ3) is 2.68. The Morgan fingerprint density at radius 3 is 2.75 bits per heavy atom. The van der Waals surface area contributed by atoms with Gasteiger partial charge in [0, 0.05) is 34.7 Å². The zero-order valence-corrected chi connectivity index (χ0v) is 13.7. The summed E-state index contributed by atoms with van der Waals surface area (Å²) in [6.07, 6.45) is 3.99. The van der Waals surface area contributed by atoms with Crippen molar-refractivity contribution in [3.8, 4) is 0 Å². The summed E-state index contributed by atoms with van der Waals surface area (Å²) in [6, 6.07) is 15.7. The van der Waals surface area contributed by atoms with Crippen LogP contribution in [0.3, 0.4) is 0 Å². The zero-order valence-electron chi connectivity index (χ0n) is 12.9. The molecule has 0 saturated heterocycles. The molecule has 1 aliphatic carbocycles. The number of carbonyl (C=O) groups is 1. The van der Waals surface area contributed by atoms with Crippen LogP contribution in [0.1, 0.15) is 12.0 Å². The highest BCUT2D eigenvalue weighted by Gasteiger charge is 2.11. The number of hydrogen-bond acceptors (Lipinski definition) is 3. The number of pyridine rings is 1. The second kappa shape index (κ2) is 6.10. The second-order valence-corrected chi connectivity index (χ2v) is 6.17. The van der Waals surface area contributed by atoms with E-state index < -0.39 is 0 Å². The van der Waals surface area contributed by atoms with Crippen molar-refractivity contribution in [1.82, 2.24) is 4.98 Å². The maximum Gasteiger partial charge on any atom is 0.161 e. The summed E-state index contributed by atoms with van der Waals surface area (Å²) in [6.45, 7) is 0.613. The van der Waals surface area contributed by atoms with Gasteiger partial charge in [-0.2, -0.15) is 0 Å². The van der Waals surface area contributed by atoms with E-state index in [-0.39, 0.29) is 5.78 Å². The molecule has 1 aromatic heterocycles. The predicted octanol–water partition coefficient (Wildman–Crippen LogP) is 3.03. The number of halogens is 1. The van der Waals surface area contributed by atoms with Gasteiger partial charge in [-0.05, 0) is 17.7 Å².